The summed E-state index contributed by atoms with van der Waals surface area (Å²) in [5, 5.41) is 7.87. The molecule has 1 aromatic heterocycles. The second-order valence-electron chi connectivity index (χ2n) is 4.12. The lowest BCUT2D eigenvalue weighted by Gasteiger charge is -2.07. The van der Waals surface area contributed by atoms with E-state index in [0.717, 1.165) is 19.5 Å². The molecule has 0 radical (unpaired) electrons. The fourth-order valence-corrected chi connectivity index (χ4v) is 2.29. The molecule has 0 unspecified atom stereocenters. The first-order chi connectivity index (χ1) is 7.88. The number of fused-ring (bicyclic) bond motifs is 2. The number of hydrogen-bond acceptors (Lipinski definition) is 2. The number of anilines is 1. The van der Waals surface area contributed by atoms with Crippen LogP contribution in [0.15, 0.2) is 30.5 Å². The van der Waals surface area contributed by atoms with E-state index in [9.17, 15) is 0 Å². The maximum atomic E-state index is 4.41. The normalized spacial score (nSPS) is 13.6. The average Bonchev–Trinajstić information content (AvgIpc) is 2.61. The fourth-order valence-electron chi connectivity index (χ4n) is 2.29. The van der Waals surface area contributed by atoms with Crippen LogP contribution in [0.3, 0.4) is 0 Å². The zero-order chi connectivity index (χ0) is 11.0. The summed E-state index contributed by atoms with van der Waals surface area (Å²) in [5.41, 5.74) is 5.27. The van der Waals surface area contributed by atoms with Crippen LogP contribution in [-0.2, 0) is 19.5 Å². The second kappa shape index (κ2) is 3.67. The minimum absolute atomic E-state index is 0.881. The molecule has 0 atom stereocenters. The Morgan fingerprint density at radius 2 is 2.19 bits per heavy atom. The predicted octanol–water partition coefficient (Wildman–Crippen LogP) is 2.42. The van der Waals surface area contributed by atoms with Crippen molar-refractivity contribution in [2.24, 2.45) is 0 Å². The molecule has 2 aromatic rings. The minimum atomic E-state index is 0.881. The number of benzene rings is 1. The van der Waals surface area contributed by atoms with Crippen molar-refractivity contribution in [2.45, 2.75) is 26.4 Å². The van der Waals surface area contributed by atoms with Crippen molar-refractivity contribution < 1.29 is 0 Å². The number of nitrogens with zero attached hydrogens (tertiary/aromatic N) is 2. The Balaban J connectivity index is 2.08. The van der Waals surface area contributed by atoms with E-state index in [1.54, 1.807) is 0 Å². The van der Waals surface area contributed by atoms with Gasteiger partial charge in [0.1, 0.15) is 0 Å². The molecule has 1 aromatic carbocycles. The van der Waals surface area contributed by atoms with Crippen molar-refractivity contribution in [3.8, 4) is 0 Å². The van der Waals surface area contributed by atoms with E-state index < -0.39 is 0 Å². The van der Waals surface area contributed by atoms with Crippen LogP contribution in [0.1, 0.15) is 23.7 Å². The Kier molecular flexibility index (Phi) is 2.17. The number of para-hydroxylation sites is 1. The van der Waals surface area contributed by atoms with Gasteiger partial charge in [-0.2, -0.15) is 5.10 Å². The van der Waals surface area contributed by atoms with Crippen LogP contribution >= 0.6 is 0 Å². The highest BCUT2D eigenvalue weighted by atomic mass is 15.3. The van der Waals surface area contributed by atoms with Crippen molar-refractivity contribution in [3.05, 3.63) is 47.3 Å². The van der Waals surface area contributed by atoms with Gasteiger partial charge in [0.2, 0.25) is 0 Å². The molecule has 82 valence electrons. The zero-order valence-electron chi connectivity index (χ0n) is 9.40. The number of aryl methyl sites for hydroxylation is 1. The summed E-state index contributed by atoms with van der Waals surface area (Å²) in [5.74, 6) is 0. The molecule has 0 amide bonds. The van der Waals surface area contributed by atoms with Gasteiger partial charge in [-0.3, -0.25) is 4.68 Å². The molecule has 3 heteroatoms. The van der Waals surface area contributed by atoms with Crippen molar-refractivity contribution in [3.63, 3.8) is 0 Å². The molecule has 0 spiro atoms. The molecular weight excluding hydrogens is 198 g/mol. The largest absolute Gasteiger partial charge is 0.381 e. The van der Waals surface area contributed by atoms with Crippen LogP contribution in [0.4, 0.5) is 5.69 Å². The van der Waals surface area contributed by atoms with Gasteiger partial charge in [0, 0.05) is 36.5 Å². The molecular formula is C13H15N3. The molecule has 3 nitrogen and oxygen atoms in total. The molecule has 0 saturated heterocycles. The van der Waals surface area contributed by atoms with E-state index in [1.807, 2.05) is 6.20 Å². The fraction of sp³-hybridized carbons (Fsp3) is 0.308. The first-order valence-electron chi connectivity index (χ1n) is 5.74. The summed E-state index contributed by atoms with van der Waals surface area (Å²) < 4.78 is 2.10. The van der Waals surface area contributed by atoms with Gasteiger partial charge in [0.25, 0.3) is 0 Å². The summed E-state index contributed by atoms with van der Waals surface area (Å²) in [6, 6.07) is 8.50. The number of rotatable bonds is 1. The van der Waals surface area contributed by atoms with Gasteiger partial charge in [0.05, 0.1) is 6.20 Å². The van der Waals surface area contributed by atoms with Gasteiger partial charge in [-0.05, 0) is 18.6 Å². The maximum absolute atomic E-state index is 4.41. The molecule has 1 N–H and O–H groups in total. The molecule has 1 aliphatic rings. The Morgan fingerprint density at radius 3 is 3.06 bits per heavy atom. The molecule has 0 saturated carbocycles. The maximum Gasteiger partial charge on any atom is 0.0542 e. The van der Waals surface area contributed by atoms with Crippen molar-refractivity contribution in [2.75, 3.05) is 5.32 Å². The predicted molar refractivity (Wildman–Crippen MR) is 64.5 cm³/mol. The standard InChI is InChI=1S/C13H15N3/c1-2-16-13-7-10-5-3-4-6-12(10)14-8-11(13)9-15-16/h3-6,9,14H,2,7-8H2,1H3. The molecule has 1 aliphatic heterocycles. The van der Waals surface area contributed by atoms with Crippen LogP contribution in [0.25, 0.3) is 0 Å². The smallest absolute Gasteiger partial charge is 0.0542 e. The first-order valence-corrected chi connectivity index (χ1v) is 5.74. The Bertz CT molecular complexity index is 514. The number of aromatic nitrogens is 2. The average molecular weight is 213 g/mol. The van der Waals surface area contributed by atoms with Crippen molar-refractivity contribution in [1.82, 2.24) is 9.78 Å². The molecule has 0 fully saturated rings. The number of nitrogens with one attached hydrogen (secondary N) is 1. The summed E-state index contributed by atoms with van der Waals surface area (Å²) in [6.45, 7) is 3.96. The topological polar surface area (TPSA) is 29.9 Å². The first kappa shape index (κ1) is 9.46. The summed E-state index contributed by atoms with van der Waals surface area (Å²) >= 11 is 0. The van der Waals surface area contributed by atoms with Gasteiger partial charge in [-0.15, -0.1) is 0 Å². The van der Waals surface area contributed by atoms with Crippen LogP contribution in [0, 0.1) is 0 Å². The Labute approximate surface area is 95.1 Å². The van der Waals surface area contributed by atoms with E-state index in [-0.39, 0.29) is 0 Å². The highest BCUT2D eigenvalue weighted by Gasteiger charge is 2.15. The summed E-state index contributed by atoms with van der Waals surface area (Å²) in [4.78, 5) is 0. The Morgan fingerprint density at radius 1 is 1.31 bits per heavy atom. The zero-order valence-corrected chi connectivity index (χ0v) is 9.40. The SMILES string of the molecule is CCn1ncc2c1Cc1ccccc1NC2. The molecule has 2 heterocycles. The van der Waals surface area contributed by atoms with E-state index in [2.05, 4.69) is 46.3 Å². The molecule has 3 rings (SSSR count). The Hall–Kier alpha value is -1.77. The van der Waals surface area contributed by atoms with Crippen LogP contribution in [-0.4, -0.2) is 9.78 Å². The quantitative estimate of drug-likeness (QED) is 0.788. The van der Waals surface area contributed by atoms with E-state index in [0.29, 0.717) is 0 Å². The van der Waals surface area contributed by atoms with Gasteiger partial charge in [-0.1, -0.05) is 18.2 Å². The molecule has 16 heavy (non-hydrogen) atoms. The number of hydrogen-bond donors (Lipinski definition) is 1. The third-order valence-corrected chi connectivity index (χ3v) is 3.18. The van der Waals surface area contributed by atoms with Gasteiger partial charge < -0.3 is 5.32 Å². The monoisotopic (exact) mass is 213 g/mol. The third kappa shape index (κ3) is 1.40. The molecule has 0 bridgehead atoms. The summed E-state index contributed by atoms with van der Waals surface area (Å²) in [7, 11) is 0. The van der Waals surface area contributed by atoms with Crippen LogP contribution in [0.5, 0.6) is 0 Å². The van der Waals surface area contributed by atoms with Crippen molar-refractivity contribution >= 4 is 5.69 Å². The van der Waals surface area contributed by atoms with Crippen LogP contribution < -0.4 is 5.32 Å². The lowest BCUT2D eigenvalue weighted by molar-refractivity contribution is 0.629. The van der Waals surface area contributed by atoms with Crippen LogP contribution in [0.2, 0.25) is 0 Å². The second-order valence-corrected chi connectivity index (χ2v) is 4.12. The lowest BCUT2D eigenvalue weighted by atomic mass is 10.1. The highest BCUT2D eigenvalue weighted by Crippen LogP contribution is 2.25. The van der Waals surface area contributed by atoms with E-state index >= 15 is 0 Å². The lowest BCUT2D eigenvalue weighted by Crippen LogP contribution is -2.04. The van der Waals surface area contributed by atoms with Gasteiger partial charge in [0.15, 0.2) is 0 Å². The van der Waals surface area contributed by atoms with E-state index in [4.69, 9.17) is 0 Å². The third-order valence-electron chi connectivity index (χ3n) is 3.18. The van der Waals surface area contributed by atoms with Gasteiger partial charge in [-0.25, -0.2) is 0 Å². The minimum Gasteiger partial charge on any atom is -0.381 e. The summed E-state index contributed by atoms with van der Waals surface area (Å²) in [6.07, 6.45) is 2.96. The van der Waals surface area contributed by atoms with Crippen molar-refractivity contribution in [1.29, 1.82) is 0 Å². The van der Waals surface area contributed by atoms with Gasteiger partial charge >= 0.3 is 0 Å². The molecule has 0 aliphatic carbocycles. The highest BCUT2D eigenvalue weighted by molar-refractivity contribution is 5.55. The van der Waals surface area contributed by atoms with E-state index in [1.165, 1.54) is 22.5 Å².